The normalized spacial score (nSPS) is 12.3. The van der Waals surface area contributed by atoms with Gasteiger partial charge in [0.25, 0.3) is 0 Å². The van der Waals surface area contributed by atoms with Crippen LogP contribution in [0.3, 0.4) is 0 Å². The quantitative estimate of drug-likeness (QED) is 0.746. The highest BCUT2D eigenvalue weighted by Gasteiger charge is 2.11. The molecular weight excluding hydrogens is 249 g/mol. The molecule has 1 atom stereocenters. The molecule has 2 heteroatoms. The number of nitrogens with one attached hydrogen (secondary N) is 1. The Balaban J connectivity index is 2.07. The summed E-state index contributed by atoms with van der Waals surface area (Å²) >= 11 is 0. The summed E-state index contributed by atoms with van der Waals surface area (Å²) in [4.78, 5) is 0. The van der Waals surface area contributed by atoms with E-state index in [0.717, 1.165) is 25.9 Å². The molecule has 0 bridgehead atoms. The summed E-state index contributed by atoms with van der Waals surface area (Å²) in [6.07, 6.45) is 2.07. The summed E-state index contributed by atoms with van der Waals surface area (Å²) in [5.74, 6) is 0.252. The molecule has 2 aromatic rings. The highest BCUT2D eigenvalue weighted by atomic mass is 19.1. The van der Waals surface area contributed by atoms with Crippen LogP contribution in [-0.2, 0) is 6.42 Å². The topological polar surface area (TPSA) is 12.0 Å². The highest BCUT2D eigenvalue weighted by molar-refractivity contribution is 5.25. The Hall–Kier alpha value is -1.67. The fourth-order valence-corrected chi connectivity index (χ4v) is 2.39. The van der Waals surface area contributed by atoms with E-state index in [-0.39, 0.29) is 5.82 Å². The molecule has 106 valence electrons. The zero-order valence-corrected chi connectivity index (χ0v) is 12.0. The van der Waals surface area contributed by atoms with Crippen LogP contribution in [0.5, 0.6) is 0 Å². The molecule has 0 amide bonds. The highest BCUT2D eigenvalue weighted by Crippen LogP contribution is 2.20. The Morgan fingerprint density at radius 2 is 1.70 bits per heavy atom. The maximum absolute atomic E-state index is 13.0. The van der Waals surface area contributed by atoms with Gasteiger partial charge in [0.15, 0.2) is 0 Å². The van der Waals surface area contributed by atoms with Gasteiger partial charge in [-0.1, -0.05) is 49.4 Å². The number of benzene rings is 2. The van der Waals surface area contributed by atoms with Crippen LogP contribution in [0.15, 0.2) is 54.6 Å². The molecule has 0 saturated carbocycles. The van der Waals surface area contributed by atoms with Gasteiger partial charge in [-0.05, 0) is 42.6 Å². The lowest BCUT2D eigenvalue weighted by atomic mass is 9.92. The van der Waals surface area contributed by atoms with Gasteiger partial charge in [-0.2, -0.15) is 0 Å². The molecule has 0 aliphatic carbocycles. The minimum absolute atomic E-state index is 0.172. The Labute approximate surface area is 120 Å². The predicted octanol–water partition coefficient (Wildman–Crippen LogP) is 4.15. The zero-order chi connectivity index (χ0) is 14.2. The molecule has 0 aromatic heterocycles. The van der Waals surface area contributed by atoms with Crippen LogP contribution in [0.1, 0.15) is 30.4 Å². The molecule has 1 N–H and O–H groups in total. The van der Waals surface area contributed by atoms with E-state index in [0.29, 0.717) is 5.92 Å². The average molecular weight is 271 g/mol. The van der Waals surface area contributed by atoms with Crippen molar-refractivity contribution in [2.24, 2.45) is 0 Å². The van der Waals surface area contributed by atoms with Gasteiger partial charge in [-0.15, -0.1) is 0 Å². The lowest BCUT2D eigenvalue weighted by Crippen LogP contribution is -2.23. The monoisotopic (exact) mass is 271 g/mol. The third-order valence-electron chi connectivity index (χ3n) is 3.48. The number of halogens is 1. The fourth-order valence-electron chi connectivity index (χ4n) is 2.39. The van der Waals surface area contributed by atoms with Crippen molar-refractivity contribution in [1.29, 1.82) is 0 Å². The molecule has 2 rings (SSSR count). The van der Waals surface area contributed by atoms with Crippen molar-refractivity contribution < 1.29 is 4.39 Å². The minimum atomic E-state index is -0.172. The first-order chi connectivity index (χ1) is 9.79. The predicted molar refractivity (Wildman–Crippen MR) is 82.4 cm³/mol. The van der Waals surface area contributed by atoms with Crippen LogP contribution in [0.2, 0.25) is 0 Å². The van der Waals surface area contributed by atoms with Crippen molar-refractivity contribution in [2.75, 3.05) is 13.1 Å². The molecule has 0 saturated heterocycles. The van der Waals surface area contributed by atoms with Crippen molar-refractivity contribution in [2.45, 2.75) is 25.7 Å². The molecule has 0 aliphatic heterocycles. The van der Waals surface area contributed by atoms with Crippen molar-refractivity contribution in [3.05, 3.63) is 71.5 Å². The van der Waals surface area contributed by atoms with E-state index in [1.807, 2.05) is 18.2 Å². The largest absolute Gasteiger partial charge is 0.316 e. The first-order valence-corrected chi connectivity index (χ1v) is 7.29. The van der Waals surface area contributed by atoms with E-state index in [1.165, 1.54) is 23.3 Å². The molecule has 0 heterocycles. The first-order valence-electron chi connectivity index (χ1n) is 7.29. The first kappa shape index (κ1) is 14.7. The van der Waals surface area contributed by atoms with Crippen LogP contribution in [-0.4, -0.2) is 13.1 Å². The van der Waals surface area contributed by atoms with Gasteiger partial charge in [0.1, 0.15) is 5.82 Å². The van der Waals surface area contributed by atoms with Gasteiger partial charge in [-0.3, -0.25) is 0 Å². The Morgan fingerprint density at radius 3 is 2.35 bits per heavy atom. The smallest absolute Gasteiger partial charge is 0.123 e. The maximum Gasteiger partial charge on any atom is 0.123 e. The van der Waals surface area contributed by atoms with Gasteiger partial charge < -0.3 is 5.32 Å². The van der Waals surface area contributed by atoms with E-state index >= 15 is 0 Å². The lowest BCUT2D eigenvalue weighted by Gasteiger charge is -2.18. The van der Waals surface area contributed by atoms with Crippen LogP contribution in [0.4, 0.5) is 4.39 Å². The summed E-state index contributed by atoms with van der Waals surface area (Å²) < 4.78 is 13.0. The van der Waals surface area contributed by atoms with E-state index in [2.05, 4.69) is 36.5 Å². The number of hydrogen-bond donors (Lipinski definition) is 1. The van der Waals surface area contributed by atoms with Crippen molar-refractivity contribution >= 4 is 0 Å². The van der Waals surface area contributed by atoms with Crippen molar-refractivity contribution in [3.63, 3.8) is 0 Å². The SMILES string of the molecule is CCCNCC(Cc1ccc(F)cc1)c1ccccc1. The van der Waals surface area contributed by atoms with Crippen molar-refractivity contribution in [1.82, 2.24) is 5.32 Å². The second-order valence-electron chi connectivity index (χ2n) is 5.14. The molecule has 20 heavy (non-hydrogen) atoms. The molecular formula is C18H22FN. The summed E-state index contributed by atoms with van der Waals surface area (Å²) in [5.41, 5.74) is 2.51. The van der Waals surface area contributed by atoms with Crippen LogP contribution < -0.4 is 5.32 Å². The summed E-state index contributed by atoms with van der Waals surface area (Å²) in [6, 6.07) is 17.4. The Morgan fingerprint density at radius 1 is 1.00 bits per heavy atom. The maximum atomic E-state index is 13.0. The zero-order valence-electron chi connectivity index (χ0n) is 12.0. The van der Waals surface area contributed by atoms with Crippen molar-refractivity contribution in [3.8, 4) is 0 Å². The fraction of sp³-hybridized carbons (Fsp3) is 0.333. The van der Waals surface area contributed by atoms with Gasteiger partial charge in [-0.25, -0.2) is 4.39 Å². The van der Waals surface area contributed by atoms with Crippen LogP contribution >= 0.6 is 0 Å². The second kappa shape index (κ2) is 7.81. The van der Waals surface area contributed by atoms with Gasteiger partial charge >= 0.3 is 0 Å². The van der Waals surface area contributed by atoms with Crippen LogP contribution in [0, 0.1) is 5.82 Å². The molecule has 0 fully saturated rings. The van der Waals surface area contributed by atoms with Gasteiger partial charge in [0, 0.05) is 12.5 Å². The minimum Gasteiger partial charge on any atom is -0.316 e. The van der Waals surface area contributed by atoms with E-state index in [1.54, 1.807) is 0 Å². The standard InChI is InChI=1S/C18H22FN/c1-2-12-20-14-17(16-6-4-3-5-7-16)13-15-8-10-18(19)11-9-15/h3-11,17,20H,2,12-14H2,1H3. The average Bonchev–Trinajstić information content (AvgIpc) is 2.49. The molecule has 0 aliphatic rings. The third kappa shape index (κ3) is 4.46. The number of hydrogen-bond acceptors (Lipinski definition) is 1. The summed E-state index contributed by atoms with van der Waals surface area (Å²) in [7, 11) is 0. The Bertz CT molecular complexity index is 493. The molecule has 0 spiro atoms. The molecule has 1 unspecified atom stereocenters. The van der Waals surface area contributed by atoms with E-state index in [4.69, 9.17) is 0 Å². The lowest BCUT2D eigenvalue weighted by molar-refractivity contribution is 0.575. The van der Waals surface area contributed by atoms with Crippen LogP contribution in [0.25, 0.3) is 0 Å². The molecule has 2 aromatic carbocycles. The summed E-state index contributed by atoms with van der Waals surface area (Å²) in [6.45, 7) is 4.16. The number of rotatable bonds is 7. The Kier molecular flexibility index (Phi) is 5.75. The van der Waals surface area contributed by atoms with E-state index < -0.39 is 0 Å². The third-order valence-corrected chi connectivity index (χ3v) is 3.48. The van der Waals surface area contributed by atoms with Gasteiger partial charge in [0.05, 0.1) is 0 Å². The molecule has 0 radical (unpaired) electrons. The summed E-state index contributed by atoms with van der Waals surface area (Å²) in [5, 5.41) is 3.49. The van der Waals surface area contributed by atoms with Gasteiger partial charge in [0.2, 0.25) is 0 Å². The molecule has 1 nitrogen and oxygen atoms in total. The van der Waals surface area contributed by atoms with E-state index in [9.17, 15) is 4.39 Å². The second-order valence-corrected chi connectivity index (χ2v) is 5.14.